The second-order valence-corrected chi connectivity index (χ2v) is 9.30. The molecule has 9 nitrogen and oxygen atoms in total. The molecule has 0 bridgehead atoms. The molecule has 1 atom stereocenters. The van der Waals surface area contributed by atoms with E-state index in [9.17, 15) is 19.8 Å². The van der Waals surface area contributed by atoms with Crippen LogP contribution >= 0.6 is 31.9 Å². The van der Waals surface area contributed by atoms with Crippen LogP contribution in [0.4, 0.5) is 0 Å². The Kier molecular flexibility index (Phi) is 9.54. The second-order valence-electron chi connectivity index (χ2n) is 7.59. The lowest BCUT2D eigenvalue weighted by Crippen LogP contribution is -2.41. The molecule has 0 saturated heterocycles. The zero-order chi connectivity index (χ0) is 24.7. The molecule has 0 saturated carbocycles. The molecule has 0 aliphatic heterocycles. The first kappa shape index (κ1) is 26.5. The van der Waals surface area contributed by atoms with Gasteiger partial charge in [0.2, 0.25) is 0 Å². The summed E-state index contributed by atoms with van der Waals surface area (Å²) < 4.78 is 6.93. The van der Waals surface area contributed by atoms with E-state index < -0.39 is 17.9 Å². The predicted molar refractivity (Wildman–Crippen MR) is 132 cm³/mol. The molecule has 0 aliphatic carbocycles. The minimum absolute atomic E-state index is 0.104. The number of guanidine groups is 1. The number of phenols is 1. The molecule has 0 spiro atoms. The quantitative estimate of drug-likeness (QED) is 0.138. The number of amides is 1. The second kappa shape index (κ2) is 11.9. The van der Waals surface area contributed by atoms with Gasteiger partial charge in [-0.2, -0.15) is 0 Å². The van der Waals surface area contributed by atoms with Crippen molar-refractivity contribution in [2.75, 3.05) is 6.54 Å². The number of halogens is 2. The minimum atomic E-state index is -1.16. The Hall–Kier alpha value is -2.79. The Morgan fingerprint density at radius 3 is 2.36 bits per heavy atom. The lowest BCUT2D eigenvalue weighted by Gasteiger charge is -2.17. The van der Waals surface area contributed by atoms with E-state index in [1.165, 1.54) is 12.1 Å². The Balaban J connectivity index is 2.15. The van der Waals surface area contributed by atoms with Crippen LogP contribution in [0.3, 0.4) is 0 Å². The van der Waals surface area contributed by atoms with E-state index in [1.54, 1.807) is 18.2 Å². The topological polar surface area (TPSA) is 158 Å². The van der Waals surface area contributed by atoms with Crippen molar-refractivity contribution in [3.05, 3.63) is 50.4 Å². The van der Waals surface area contributed by atoms with Crippen LogP contribution in [-0.2, 0) is 4.79 Å². The van der Waals surface area contributed by atoms with Gasteiger partial charge in [-0.15, -0.1) is 0 Å². The van der Waals surface area contributed by atoms with Crippen LogP contribution < -0.4 is 21.1 Å². The molecule has 2 aromatic carbocycles. The highest BCUT2D eigenvalue weighted by Crippen LogP contribution is 2.39. The average molecular weight is 586 g/mol. The number of aliphatic carboxylic acids is 1. The Bertz CT molecular complexity index is 1020. The maximum Gasteiger partial charge on any atom is 0.326 e. The van der Waals surface area contributed by atoms with Crippen molar-refractivity contribution in [1.29, 1.82) is 5.41 Å². The number of hydrogen-bond donors (Lipinski definition) is 6. The predicted octanol–water partition coefficient (Wildman–Crippen LogP) is 4.28. The van der Waals surface area contributed by atoms with Crippen molar-refractivity contribution < 1.29 is 24.5 Å². The molecular formula is C22H26Br2N4O5. The molecule has 2 aromatic rings. The number of rotatable bonds is 10. The van der Waals surface area contributed by atoms with Gasteiger partial charge in [0.1, 0.15) is 17.5 Å². The molecule has 0 aliphatic rings. The SMILES string of the molecule is CC(C)c1cc(Oc2c(Br)cc(C(=O)N[C@@H](CCCNC(=N)N)C(=O)O)cc2Br)ccc1O. The van der Waals surface area contributed by atoms with E-state index >= 15 is 0 Å². The summed E-state index contributed by atoms with van der Waals surface area (Å²) in [5, 5.41) is 31.6. The summed E-state index contributed by atoms with van der Waals surface area (Å²) in [5.41, 5.74) is 6.18. The lowest BCUT2D eigenvalue weighted by atomic mass is 10.0. The van der Waals surface area contributed by atoms with Gasteiger partial charge in [0.15, 0.2) is 11.7 Å². The summed E-state index contributed by atoms with van der Waals surface area (Å²) in [6, 6.07) is 6.93. The highest BCUT2D eigenvalue weighted by molar-refractivity contribution is 9.11. The normalized spacial score (nSPS) is 11.7. The number of hydrogen-bond acceptors (Lipinski definition) is 5. The van der Waals surface area contributed by atoms with Crippen LogP contribution in [-0.4, -0.2) is 40.6 Å². The van der Waals surface area contributed by atoms with Crippen LogP contribution in [0, 0.1) is 5.41 Å². The Labute approximate surface area is 208 Å². The molecule has 0 aromatic heterocycles. The molecule has 0 radical (unpaired) electrons. The number of benzene rings is 2. The summed E-state index contributed by atoms with van der Waals surface area (Å²) in [6.45, 7) is 4.25. The van der Waals surface area contributed by atoms with Gasteiger partial charge in [0.05, 0.1) is 8.95 Å². The molecule has 11 heteroatoms. The van der Waals surface area contributed by atoms with Crippen LogP contribution in [0.2, 0.25) is 0 Å². The zero-order valence-corrected chi connectivity index (χ0v) is 21.3. The Morgan fingerprint density at radius 1 is 1.18 bits per heavy atom. The standard InChI is InChI=1S/C22H26Br2N4O5/c1-11(2)14-10-13(5-6-18(14)29)33-19-15(23)8-12(9-16(19)24)20(30)28-17(21(31)32)4-3-7-27-22(25)26/h5-6,8-11,17,29H,3-4,7H2,1-2H3,(H,28,30)(H,31,32)(H4,25,26,27)/t17-/m0/s1. The summed E-state index contributed by atoms with van der Waals surface area (Å²) in [6.07, 6.45) is 0.575. The number of nitrogens with one attached hydrogen (secondary N) is 3. The number of aromatic hydroxyl groups is 1. The molecule has 0 fully saturated rings. The van der Waals surface area contributed by atoms with Gasteiger partial charge < -0.3 is 31.3 Å². The first-order valence-electron chi connectivity index (χ1n) is 10.1. The number of carboxylic acid groups (broad SMARTS) is 1. The monoisotopic (exact) mass is 584 g/mol. The molecular weight excluding hydrogens is 560 g/mol. The number of carbonyl (C=O) groups excluding carboxylic acids is 1. The molecule has 33 heavy (non-hydrogen) atoms. The van der Waals surface area contributed by atoms with Crippen LogP contribution in [0.15, 0.2) is 39.3 Å². The maximum absolute atomic E-state index is 12.7. The highest BCUT2D eigenvalue weighted by atomic mass is 79.9. The lowest BCUT2D eigenvalue weighted by molar-refractivity contribution is -0.139. The highest BCUT2D eigenvalue weighted by Gasteiger charge is 2.22. The van der Waals surface area contributed by atoms with Gasteiger partial charge in [0, 0.05) is 17.7 Å². The molecule has 1 amide bonds. The van der Waals surface area contributed by atoms with E-state index in [0.717, 1.165) is 5.56 Å². The van der Waals surface area contributed by atoms with E-state index in [2.05, 4.69) is 42.5 Å². The molecule has 7 N–H and O–H groups in total. The molecule has 2 rings (SSSR count). The van der Waals surface area contributed by atoms with Crippen LogP contribution in [0.25, 0.3) is 0 Å². The summed E-state index contributed by atoms with van der Waals surface area (Å²) >= 11 is 6.81. The fourth-order valence-corrected chi connectivity index (χ4v) is 4.34. The van der Waals surface area contributed by atoms with Crippen molar-refractivity contribution in [2.45, 2.75) is 38.6 Å². The van der Waals surface area contributed by atoms with Gasteiger partial charge >= 0.3 is 5.97 Å². The van der Waals surface area contributed by atoms with Crippen molar-refractivity contribution in [2.24, 2.45) is 5.73 Å². The summed E-state index contributed by atoms with van der Waals surface area (Å²) in [7, 11) is 0. The number of carboxylic acids is 1. The van der Waals surface area contributed by atoms with Gasteiger partial charge in [-0.25, -0.2) is 4.79 Å². The number of carbonyl (C=O) groups is 2. The Morgan fingerprint density at radius 2 is 1.82 bits per heavy atom. The number of phenolic OH excluding ortho intramolecular Hbond substituents is 1. The van der Waals surface area contributed by atoms with Gasteiger partial charge in [-0.1, -0.05) is 13.8 Å². The average Bonchev–Trinajstić information content (AvgIpc) is 2.73. The molecule has 178 valence electrons. The largest absolute Gasteiger partial charge is 0.508 e. The fraction of sp³-hybridized carbons (Fsp3) is 0.318. The van der Waals surface area contributed by atoms with Crippen LogP contribution in [0.1, 0.15) is 48.5 Å². The third kappa shape index (κ3) is 7.64. The third-order valence-electron chi connectivity index (χ3n) is 4.69. The number of ether oxygens (including phenoxy) is 1. The molecule has 0 unspecified atom stereocenters. The smallest absolute Gasteiger partial charge is 0.326 e. The maximum atomic E-state index is 12.7. The van der Waals surface area contributed by atoms with E-state index in [4.69, 9.17) is 15.9 Å². The van der Waals surface area contributed by atoms with Gasteiger partial charge in [-0.3, -0.25) is 10.2 Å². The zero-order valence-electron chi connectivity index (χ0n) is 18.1. The van der Waals surface area contributed by atoms with Gasteiger partial charge in [-0.05, 0) is 81.0 Å². The number of nitrogens with two attached hydrogens (primary N) is 1. The van der Waals surface area contributed by atoms with Crippen molar-refractivity contribution in [3.8, 4) is 17.2 Å². The van der Waals surface area contributed by atoms with Crippen molar-refractivity contribution >= 4 is 49.7 Å². The molecule has 0 heterocycles. The van der Waals surface area contributed by atoms with Crippen molar-refractivity contribution in [3.63, 3.8) is 0 Å². The fourth-order valence-electron chi connectivity index (χ4n) is 2.99. The minimum Gasteiger partial charge on any atom is -0.508 e. The first-order valence-corrected chi connectivity index (χ1v) is 11.7. The summed E-state index contributed by atoms with van der Waals surface area (Å²) in [5.74, 6) is -0.674. The van der Waals surface area contributed by atoms with E-state index in [0.29, 0.717) is 33.4 Å². The van der Waals surface area contributed by atoms with E-state index in [1.807, 2.05) is 13.8 Å². The third-order valence-corrected chi connectivity index (χ3v) is 5.87. The summed E-state index contributed by atoms with van der Waals surface area (Å²) in [4.78, 5) is 24.2. The van der Waals surface area contributed by atoms with Crippen LogP contribution in [0.5, 0.6) is 17.2 Å². The van der Waals surface area contributed by atoms with Crippen molar-refractivity contribution in [1.82, 2.24) is 10.6 Å². The van der Waals surface area contributed by atoms with E-state index in [-0.39, 0.29) is 29.6 Å². The van der Waals surface area contributed by atoms with Gasteiger partial charge in [0.25, 0.3) is 5.91 Å². The first-order chi connectivity index (χ1) is 15.5.